The molecule has 0 aliphatic heterocycles. The van der Waals surface area contributed by atoms with Crippen LogP contribution >= 0.6 is 0 Å². The molecule has 15 heavy (non-hydrogen) atoms. The first-order chi connectivity index (χ1) is 7.10. The Kier molecular flexibility index (Phi) is 1.45. The number of aromatic nitrogens is 3. The van der Waals surface area contributed by atoms with Crippen LogP contribution < -0.4 is 5.73 Å². The van der Waals surface area contributed by atoms with Crippen molar-refractivity contribution in [3.8, 4) is 0 Å². The molecule has 1 aliphatic rings. The number of rotatable bonds is 1. The minimum absolute atomic E-state index is 0.154. The van der Waals surface area contributed by atoms with Gasteiger partial charge in [-0.05, 0) is 38.3 Å². The number of pyridine rings is 1. The fraction of sp³-hybridized carbons (Fsp3) is 0.455. The number of anilines is 1. The Morgan fingerprint density at radius 1 is 1.47 bits per heavy atom. The fourth-order valence-electron chi connectivity index (χ4n) is 2.02. The van der Waals surface area contributed by atoms with E-state index in [1.54, 1.807) is 0 Å². The molecule has 2 N–H and O–H groups in total. The molecular weight excluding hydrogens is 188 g/mol. The third kappa shape index (κ3) is 1.14. The monoisotopic (exact) mass is 202 g/mol. The molecule has 0 atom stereocenters. The molecule has 4 heteroatoms. The lowest BCUT2D eigenvalue weighted by Gasteiger charge is -2.12. The fourth-order valence-corrected chi connectivity index (χ4v) is 2.02. The maximum Gasteiger partial charge on any atom is 0.202 e. The van der Waals surface area contributed by atoms with Crippen LogP contribution in [0.3, 0.4) is 0 Å². The zero-order chi connectivity index (χ0) is 10.6. The lowest BCUT2D eigenvalue weighted by atomic mass is 10.3. The Morgan fingerprint density at radius 3 is 2.87 bits per heavy atom. The van der Waals surface area contributed by atoms with Crippen molar-refractivity contribution in [2.24, 2.45) is 0 Å². The van der Waals surface area contributed by atoms with Gasteiger partial charge in [-0.3, -0.25) is 4.57 Å². The van der Waals surface area contributed by atoms with Gasteiger partial charge in [0.15, 0.2) is 5.65 Å². The second-order valence-electron chi connectivity index (χ2n) is 4.66. The molecule has 0 radical (unpaired) electrons. The van der Waals surface area contributed by atoms with Gasteiger partial charge in [-0.15, -0.1) is 0 Å². The van der Waals surface area contributed by atoms with Crippen LogP contribution in [0.25, 0.3) is 11.2 Å². The topological polar surface area (TPSA) is 56.7 Å². The summed E-state index contributed by atoms with van der Waals surface area (Å²) in [5.41, 5.74) is 9.03. The van der Waals surface area contributed by atoms with E-state index in [2.05, 4.69) is 21.5 Å². The highest BCUT2D eigenvalue weighted by molar-refractivity contribution is 5.75. The van der Waals surface area contributed by atoms with E-state index in [9.17, 15) is 0 Å². The van der Waals surface area contributed by atoms with Crippen LogP contribution in [0.2, 0.25) is 0 Å². The van der Waals surface area contributed by atoms with Crippen molar-refractivity contribution < 1.29 is 0 Å². The van der Waals surface area contributed by atoms with Gasteiger partial charge >= 0.3 is 0 Å². The molecular formula is C11H14N4. The molecule has 0 amide bonds. The van der Waals surface area contributed by atoms with Crippen LogP contribution in [-0.4, -0.2) is 14.5 Å². The quantitative estimate of drug-likeness (QED) is 0.767. The maximum atomic E-state index is 5.94. The zero-order valence-corrected chi connectivity index (χ0v) is 8.99. The van der Waals surface area contributed by atoms with E-state index in [0.717, 1.165) is 29.6 Å². The molecule has 1 fully saturated rings. The van der Waals surface area contributed by atoms with E-state index in [1.807, 2.05) is 19.2 Å². The highest BCUT2D eigenvalue weighted by atomic mass is 15.2. The van der Waals surface area contributed by atoms with E-state index in [-0.39, 0.29) is 5.54 Å². The smallest absolute Gasteiger partial charge is 0.202 e. The highest BCUT2D eigenvalue weighted by Gasteiger charge is 2.42. The number of nitrogens with two attached hydrogens (primary N) is 1. The number of aryl methyl sites for hydroxylation is 1. The maximum absolute atomic E-state index is 5.94. The van der Waals surface area contributed by atoms with Crippen LogP contribution in [0.1, 0.15) is 25.3 Å². The van der Waals surface area contributed by atoms with Gasteiger partial charge in [0.2, 0.25) is 5.95 Å². The van der Waals surface area contributed by atoms with Crippen molar-refractivity contribution >= 4 is 17.1 Å². The van der Waals surface area contributed by atoms with Crippen molar-refractivity contribution in [2.75, 3.05) is 5.73 Å². The summed E-state index contributed by atoms with van der Waals surface area (Å²) >= 11 is 0. The predicted molar refractivity (Wildman–Crippen MR) is 59.6 cm³/mol. The lowest BCUT2D eigenvalue weighted by Crippen LogP contribution is -2.15. The van der Waals surface area contributed by atoms with Crippen LogP contribution in [0, 0.1) is 6.92 Å². The summed E-state index contributed by atoms with van der Waals surface area (Å²) in [7, 11) is 0. The van der Waals surface area contributed by atoms with Gasteiger partial charge in [0.05, 0.1) is 0 Å². The van der Waals surface area contributed by atoms with Gasteiger partial charge in [-0.25, -0.2) is 9.97 Å². The molecule has 4 nitrogen and oxygen atoms in total. The van der Waals surface area contributed by atoms with Crippen molar-refractivity contribution in [3.05, 3.63) is 17.8 Å². The number of imidazole rings is 1. The minimum Gasteiger partial charge on any atom is -0.369 e. The zero-order valence-electron chi connectivity index (χ0n) is 8.99. The van der Waals surface area contributed by atoms with Gasteiger partial charge in [-0.1, -0.05) is 0 Å². The van der Waals surface area contributed by atoms with Gasteiger partial charge in [-0.2, -0.15) is 0 Å². The molecule has 0 spiro atoms. The van der Waals surface area contributed by atoms with E-state index in [4.69, 9.17) is 5.73 Å². The normalized spacial score (nSPS) is 18.3. The Morgan fingerprint density at radius 2 is 2.20 bits per heavy atom. The van der Waals surface area contributed by atoms with E-state index in [0.29, 0.717) is 5.95 Å². The first-order valence-corrected chi connectivity index (χ1v) is 5.21. The Hall–Kier alpha value is -1.58. The molecule has 2 heterocycles. The Labute approximate surface area is 88.1 Å². The molecule has 0 saturated heterocycles. The third-order valence-electron chi connectivity index (χ3n) is 3.17. The minimum atomic E-state index is 0.154. The van der Waals surface area contributed by atoms with Crippen molar-refractivity contribution in [2.45, 2.75) is 32.2 Å². The summed E-state index contributed by atoms with van der Waals surface area (Å²) < 4.78 is 2.07. The van der Waals surface area contributed by atoms with Crippen molar-refractivity contribution in [3.63, 3.8) is 0 Å². The summed E-state index contributed by atoms with van der Waals surface area (Å²) in [4.78, 5) is 8.79. The summed E-state index contributed by atoms with van der Waals surface area (Å²) in [6.45, 7) is 4.21. The van der Waals surface area contributed by atoms with Gasteiger partial charge in [0.1, 0.15) is 5.52 Å². The third-order valence-corrected chi connectivity index (χ3v) is 3.17. The standard InChI is InChI=1S/C11H14N4/c1-7-5-8-9(13-6-7)15(10(12)14-8)11(2)3-4-11/h5-6H,3-4H2,1-2H3,(H2,12,14). The molecule has 2 aromatic rings. The average Bonchev–Trinajstić information content (AvgIpc) is 2.79. The van der Waals surface area contributed by atoms with E-state index in [1.165, 1.54) is 0 Å². The lowest BCUT2D eigenvalue weighted by molar-refractivity contribution is 0.553. The Balaban J connectivity index is 2.33. The summed E-state index contributed by atoms with van der Waals surface area (Å²) in [6.07, 6.45) is 4.20. The number of fused-ring (bicyclic) bond motifs is 1. The molecule has 1 aliphatic carbocycles. The molecule has 78 valence electrons. The largest absolute Gasteiger partial charge is 0.369 e. The predicted octanol–water partition coefficient (Wildman–Crippen LogP) is 1.83. The first-order valence-electron chi connectivity index (χ1n) is 5.21. The van der Waals surface area contributed by atoms with Crippen LogP contribution in [0.5, 0.6) is 0 Å². The second kappa shape index (κ2) is 2.51. The van der Waals surface area contributed by atoms with Crippen molar-refractivity contribution in [1.82, 2.24) is 14.5 Å². The highest BCUT2D eigenvalue weighted by Crippen LogP contribution is 2.45. The molecule has 2 aromatic heterocycles. The van der Waals surface area contributed by atoms with Crippen LogP contribution in [0.4, 0.5) is 5.95 Å². The van der Waals surface area contributed by atoms with Gasteiger partial charge in [0.25, 0.3) is 0 Å². The molecule has 0 unspecified atom stereocenters. The SMILES string of the molecule is Cc1cnc2c(c1)nc(N)n2C1(C)CC1. The van der Waals surface area contributed by atoms with E-state index < -0.39 is 0 Å². The van der Waals surface area contributed by atoms with Crippen molar-refractivity contribution in [1.29, 1.82) is 0 Å². The Bertz CT molecular complexity index is 537. The number of hydrogen-bond donors (Lipinski definition) is 1. The summed E-state index contributed by atoms with van der Waals surface area (Å²) in [5.74, 6) is 0.586. The van der Waals surface area contributed by atoms with E-state index >= 15 is 0 Å². The molecule has 3 rings (SSSR count). The number of nitrogen functional groups attached to an aromatic ring is 1. The summed E-state index contributed by atoms with van der Waals surface area (Å²) in [5, 5.41) is 0. The summed E-state index contributed by atoms with van der Waals surface area (Å²) in [6, 6.07) is 2.03. The number of hydrogen-bond acceptors (Lipinski definition) is 3. The first kappa shape index (κ1) is 8.71. The van der Waals surface area contributed by atoms with Gasteiger partial charge < -0.3 is 5.73 Å². The molecule has 0 bridgehead atoms. The second-order valence-corrected chi connectivity index (χ2v) is 4.66. The van der Waals surface area contributed by atoms with Crippen LogP contribution in [0.15, 0.2) is 12.3 Å². The molecule has 1 saturated carbocycles. The van der Waals surface area contributed by atoms with Crippen LogP contribution in [-0.2, 0) is 5.54 Å². The number of nitrogens with zero attached hydrogens (tertiary/aromatic N) is 3. The average molecular weight is 202 g/mol. The molecule has 0 aromatic carbocycles. The van der Waals surface area contributed by atoms with Gasteiger partial charge in [0, 0.05) is 11.7 Å².